The molecule has 4 heteroatoms. The van der Waals surface area contributed by atoms with E-state index in [2.05, 4.69) is 0 Å². The Bertz CT molecular complexity index is 425. The van der Waals surface area contributed by atoms with Crippen LogP contribution in [0.3, 0.4) is 0 Å². The van der Waals surface area contributed by atoms with Gasteiger partial charge in [-0.3, -0.25) is 9.59 Å². The van der Waals surface area contributed by atoms with Gasteiger partial charge in [0.05, 0.1) is 6.42 Å². The Kier molecular flexibility index (Phi) is 2.75. The van der Waals surface area contributed by atoms with Gasteiger partial charge in [0.2, 0.25) is 5.91 Å². The summed E-state index contributed by atoms with van der Waals surface area (Å²) >= 11 is 0. The van der Waals surface area contributed by atoms with Crippen LogP contribution in [-0.2, 0) is 16.1 Å². The third kappa shape index (κ3) is 1.72. The molecule has 1 aliphatic heterocycles. The predicted octanol–water partition coefficient (Wildman–Crippen LogP) is 0.618. The van der Waals surface area contributed by atoms with Crippen LogP contribution in [0.4, 0.5) is 0 Å². The number of hydrogen-bond donors (Lipinski definition) is 1. The number of nitrogens with two attached hydrogens (primary N) is 1. The minimum absolute atomic E-state index is 0.0137. The monoisotopic (exact) mass is 218 g/mol. The summed E-state index contributed by atoms with van der Waals surface area (Å²) in [4.78, 5) is 24.5. The molecule has 1 heterocycles. The normalized spacial score (nSPS) is 20.6. The molecule has 0 spiro atoms. The van der Waals surface area contributed by atoms with Gasteiger partial charge in [0.25, 0.3) is 0 Å². The third-order valence-corrected chi connectivity index (χ3v) is 2.94. The Labute approximate surface area is 94.0 Å². The number of Topliss-reactive ketones (excluding diaryl/α,β-unsaturated/α-hetero) is 1. The molecule has 84 valence electrons. The van der Waals surface area contributed by atoms with E-state index in [1.165, 1.54) is 4.90 Å². The summed E-state index contributed by atoms with van der Waals surface area (Å²) in [5, 5.41) is 0. The number of hydrogen-bond acceptors (Lipinski definition) is 3. The van der Waals surface area contributed by atoms with Gasteiger partial charge in [-0.15, -0.1) is 0 Å². The van der Waals surface area contributed by atoms with Crippen LogP contribution < -0.4 is 5.73 Å². The van der Waals surface area contributed by atoms with Gasteiger partial charge in [-0.05, 0) is 11.1 Å². The Balaban J connectivity index is 2.29. The molecule has 2 rings (SSSR count). The molecule has 1 amide bonds. The highest BCUT2D eigenvalue weighted by Crippen LogP contribution is 2.28. The number of likely N-dealkylation sites (N-methyl/N-ethyl adjacent to an activating group) is 1. The Morgan fingerprint density at radius 2 is 1.94 bits per heavy atom. The molecular weight excluding hydrogens is 204 g/mol. The summed E-state index contributed by atoms with van der Waals surface area (Å²) in [6.45, 7) is 0.480. The van der Waals surface area contributed by atoms with E-state index in [4.69, 9.17) is 5.73 Å². The van der Waals surface area contributed by atoms with Crippen molar-refractivity contribution in [1.29, 1.82) is 0 Å². The van der Waals surface area contributed by atoms with Gasteiger partial charge in [-0.2, -0.15) is 0 Å². The molecule has 2 N–H and O–H groups in total. The minimum atomic E-state index is -0.417. The number of ketones is 1. The average molecular weight is 218 g/mol. The number of benzene rings is 1. The molecule has 1 aromatic carbocycles. The second kappa shape index (κ2) is 4.06. The van der Waals surface area contributed by atoms with Crippen molar-refractivity contribution in [2.24, 2.45) is 5.73 Å². The molecule has 0 bridgehead atoms. The van der Waals surface area contributed by atoms with Gasteiger partial charge in [0.15, 0.2) is 5.78 Å². The van der Waals surface area contributed by atoms with E-state index < -0.39 is 6.04 Å². The predicted molar refractivity (Wildman–Crippen MR) is 59.5 cm³/mol. The molecule has 16 heavy (non-hydrogen) atoms. The summed E-state index contributed by atoms with van der Waals surface area (Å²) in [6, 6.07) is 7.08. The van der Waals surface area contributed by atoms with Gasteiger partial charge >= 0.3 is 0 Å². The third-order valence-electron chi connectivity index (χ3n) is 2.94. The maximum Gasteiger partial charge on any atom is 0.230 e. The first-order chi connectivity index (χ1) is 7.63. The Morgan fingerprint density at radius 3 is 2.38 bits per heavy atom. The van der Waals surface area contributed by atoms with E-state index in [1.54, 1.807) is 7.05 Å². The number of carbonyl (C=O) groups is 2. The average Bonchev–Trinajstić information content (AvgIpc) is 2.54. The zero-order chi connectivity index (χ0) is 11.7. The highest BCUT2D eigenvalue weighted by atomic mass is 16.2. The van der Waals surface area contributed by atoms with Gasteiger partial charge in [-0.1, -0.05) is 24.3 Å². The van der Waals surface area contributed by atoms with E-state index in [0.29, 0.717) is 6.54 Å². The molecule has 1 saturated heterocycles. The standard InChI is InChI=1S/C12H14N2O2/c1-14-11(16)6-10(15)12(14)9-4-2-8(7-13)3-5-9/h2-5,12H,6-7,13H2,1H3. The van der Waals surface area contributed by atoms with Gasteiger partial charge < -0.3 is 10.6 Å². The van der Waals surface area contributed by atoms with Crippen molar-refractivity contribution in [3.05, 3.63) is 35.4 Å². The lowest BCUT2D eigenvalue weighted by Gasteiger charge is -2.18. The van der Waals surface area contributed by atoms with Crippen molar-refractivity contribution in [3.63, 3.8) is 0 Å². The van der Waals surface area contributed by atoms with Crippen molar-refractivity contribution in [2.75, 3.05) is 7.05 Å². The largest absolute Gasteiger partial charge is 0.331 e. The van der Waals surface area contributed by atoms with Crippen molar-refractivity contribution in [3.8, 4) is 0 Å². The van der Waals surface area contributed by atoms with Gasteiger partial charge in [0.1, 0.15) is 6.04 Å². The fourth-order valence-electron chi connectivity index (χ4n) is 1.98. The lowest BCUT2D eigenvalue weighted by atomic mass is 10.0. The first kappa shape index (κ1) is 10.8. The zero-order valence-corrected chi connectivity index (χ0v) is 9.14. The summed E-state index contributed by atoms with van der Waals surface area (Å²) in [5.74, 6) is -0.147. The highest BCUT2D eigenvalue weighted by molar-refractivity contribution is 6.07. The smallest absolute Gasteiger partial charge is 0.230 e. The molecule has 1 aromatic rings. The van der Waals surface area contributed by atoms with Crippen LogP contribution in [0.15, 0.2) is 24.3 Å². The van der Waals surface area contributed by atoms with Crippen LogP contribution in [0.25, 0.3) is 0 Å². The molecule has 0 aromatic heterocycles. The quantitative estimate of drug-likeness (QED) is 0.740. The lowest BCUT2D eigenvalue weighted by molar-refractivity contribution is -0.127. The summed E-state index contributed by atoms with van der Waals surface area (Å²) < 4.78 is 0. The zero-order valence-electron chi connectivity index (χ0n) is 9.14. The molecule has 4 nitrogen and oxygen atoms in total. The van der Waals surface area contributed by atoms with Gasteiger partial charge in [0, 0.05) is 13.6 Å². The van der Waals surface area contributed by atoms with Crippen LogP contribution in [0.1, 0.15) is 23.6 Å². The van der Waals surface area contributed by atoms with E-state index in [1.807, 2.05) is 24.3 Å². The van der Waals surface area contributed by atoms with Crippen molar-refractivity contribution in [1.82, 2.24) is 4.90 Å². The van der Waals surface area contributed by atoms with Crippen LogP contribution >= 0.6 is 0 Å². The highest BCUT2D eigenvalue weighted by Gasteiger charge is 2.36. The van der Waals surface area contributed by atoms with Crippen LogP contribution in [0.2, 0.25) is 0 Å². The number of amides is 1. The van der Waals surface area contributed by atoms with Crippen LogP contribution in [-0.4, -0.2) is 23.6 Å². The molecule has 1 fully saturated rings. The van der Waals surface area contributed by atoms with Crippen molar-refractivity contribution < 1.29 is 9.59 Å². The van der Waals surface area contributed by atoms with E-state index in [-0.39, 0.29) is 18.1 Å². The maximum atomic E-state index is 11.7. The van der Waals surface area contributed by atoms with Crippen molar-refractivity contribution in [2.45, 2.75) is 19.0 Å². The Hall–Kier alpha value is -1.68. The molecule has 0 aliphatic carbocycles. The molecule has 1 unspecified atom stereocenters. The molecule has 1 atom stereocenters. The van der Waals surface area contributed by atoms with E-state index >= 15 is 0 Å². The first-order valence-electron chi connectivity index (χ1n) is 5.20. The number of rotatable bonds is 2. The SMILES string of the molecule is CN1C(=O)CC(=O)C1c1ccc(CN)cc1. The van der Waals surface area contributed by atoms with Crippen molar-refractivity contribution >= 4 is 11.7 Å². The Morgan fingerprint density at radius 1 is 1.31 bits per heavy atom. The summed E-state index contributed by atoms with van der Waals surface area (Å²) in [6.07, 6.45) is 0.0137. The summed E-state index contributed by atoms with van der Waals surface area (Å²) in [5.41, 5.74) is 7.37. The first-order valence-corrected chi connectivity index (χ1v) is 5.20. The van der Waals surface area contributed by atoms with Gasteiger partial charge in [-0.25, -0.2) is 0 Å². The van der Waals surface area contributed by atoms with Crippen LogP contribution in [0.5, 0.6) is 0 Å². The van der Waals surface area contributed by atoms with E-state index in [0.717, 1.165) is 11.1 Å². The summed E-state index contributed by atoms with van der Waals surface area (Å²) in [7, 11) is 1.66. The fourth-order valence-corrected chi connectivity index (χ4v) is 1.98. The second-order valence-electron chi connectivity index (χ2n) is 4.00. The van der Waals surface area contributed by atoms with Crippen LogP contribution in [0, 0.1) is 0 Å². The topological polar surface area (TPSA) is 63.4 Å². The number of nitrogens with zero attached hydrogens (tertiary/aromatic N) is 1. The minimum Gasteiger partial charge on any atom is -0.331 e. The second-order valence-corrected chi connectivity index (χ2v) is 4.00. The molecule has 0 saturated carbocycles. The van der Waals surface area contributed by atoms with E-state index in [9.17, 15) is 9.59 Å². The fraction of sp³-hybridized carbons (Fsp3) is 0.333. The maximum absolute atomic E-state index is 11.7. The molecule has 0 radical (unpaired) electrons. The lowest BCUT2D eigenvalue weighted by Crippen LogP contribution is -2.24. The molecule has 1 aliphatic rings. The number of carbonyl (C=O) groups excluding carboxylic acids is 2. The number of likely N-dealkylation sites (tertiary alicyclic amines) is 1. The molecular formula is C12H14N2O2.